The van der Waals surface area contributed by atoms with Gasteiger partial charge in [0.25, 0.3) is 0 Å². The molecule has 0 unspecified atom stereocenters. The van der Waals surface area contributed by atoms with E-state index in [1.807, 2.05) is 12.1 Å². The molecular weight excluding hydrogens is 210 g/mol. The highest BCUT2D eigenvalue weighted by molar-refractivity contribution is 5.84. The molecule has 3 rings (SSSR count). The van der Waals surface area contributed by atoms with Gasteiger partial charge < -0.3 is 10.4 Å². The smallest absolute Gasteiger partial charge is 0.116 e. The predicted octanol–water partition coefficient (Wildman–Crippen LogP) is 3.01. The molecule has 1 saturated heterocycles. The standard InChI is InChI=1S/C15H17NO/c17-15-4-3-13-9-12(1-2-14(13)10-15)11-5-7-16-8-6-11/h1-4,9-11,16-17H,5-8H2. The van der Waals surface area contributed by atoms with Crippen LogP contribution in [0.3, 0.4) is 0 Å². The molecule has 2 aromatic rings. The van der Waals surface area contributed by atoms with Crippen LogP contribution in [0.15, 0.2) is 36.4 Å². The SMILES string of the molecule is Oc1ccc2cc(C3CCNCC3)ccc2c1. The molecule has 1 aliphatic rings. The molecule has 2 aromatic carbocycles. The molecule has 2 heteroatoms. The maximum Gasteiger partial charge on any atom is 0.116 e. The summed E-state index contributed by atoms with van der Waals surface area (Å²) >= 11 is 0. The Morgan fingerprint density at radius 3 is 2.47 bits per heavy atom. The second kappa shape index (κ2) is 4.38. The first kappa shape index (κ1) is 10.6. The van der Waals surface area contributed by atoms with Gasteiger partial charge in [0, 0.05) is 0 Å². The van der Waals surface area contributed by atoms with Gasteiger partial charge in [-0.05, 0) is 60.3 Å². The molecule has 0 atom stereocenters. The largest absolute Gasteiger partial charge is 0.508 e. The highest BCUT2D eigenvalue weighted by Gasteiger charge is 2.15. The quantitative estimate of drug-likeness (QED) is 0.785. The number of phenols is 1. The molecule has 88 valence electrons. The molecule has 2 N–H and O–H groups in total. The van der Waals surface area contributed by atoms with Crippen LogP contribution in [0.1, 0.15) is 24.3 Å². The van der Waals surface area contributed by atoms with Crippen molar-refractivity contribution in [3.8, 4) is 5.75 Å². The number of aromatic hydroxyl groups is 1. The molecule has 0 aliphatic carbocycles. The van der Waals surface area contributed by atoms with Crippen molar-refractivity contribution < 1.29 is 5.11 Å². The van der Waals surface area contributed by atoms with Crippen molar-refractivity contribution in [3.63, 3.8) is 0 Å². The van der Waals surface area contributed by atoms with Gasteiger partial charge in [0.15, 0.2) is 0 Å². The summed E-state index contributed by atoms with van der Waals surface area (Å²) in [4.78, 5) is 0. The number of hydrogen-bond donors (Lipinski definition) is 2. The zero-order valence-electron chi connectivity index (χ0n) is 9.82. The van der Waals surface area contributed by atoms with E-state index in [0.29, 0.717) is 11.7 Å². The average Bonchev–Trinajstić information content (AvgIpc) is 2.39. The molecule has 1 heterocycles. The summed E-state index contributed by atoms with van der Waals surface area (Å²) in [7, 11) is 0. The molecule has 1 fully saturated rings. The minimum atomic E-state index is 0.340. The first-order valence-electron chi connectivity index (χ1n) is 6.26. The zero-order chi connectivity index (χ0) is 11.7. The van der Waals surface area contributed by atoms with Crippen molar-refractivity contribution in [2.24, 2.45) is 0 Å². The first-order valence-corrected chi connectivity index (χ1v) is 6.26. The van der Waals surface area contributed by atoms with Gasteiger partial charge in [-0.15, -0.1) is 0 Å². The Morgan fingerprint density at radius 1 is 0.941 bits per heavy atom. The van der Waals surface area contributed by atoms with Crippen LogP contribution in [-0.4, -0.2) is 18.2 Å². The Bertz CT molecular complexity index is 529. The van der Waals surface area contributed by atoms with Crippen molar-refractivity contribution in [1.29, 1.82) is 0 Å². The van der Waals surface area contributed by atoms with E-state index in [9.17, 15) is 5.11 Å². The molecule has 0 saturated carbocycles. The van der Waals surface area contributed by atoms with Gasteiger partial charge in [-0.2, -0.15) is 0 Å². The fourth-order valence-corrected chi connectivity index (χ4v) is 2.66. The van der Waals surface area contributed by atoms with Gasteiger partial charge in [-0.25, -0.2) is 0 Å². The Kier molecular flexibility index (Phi) is 2.73. The maximum atomic E-state index is 9.44. The minimum Gasteiger partial charge on any atom is -0.508 e. The molecule has 0 spiro atoms. The first-order chi connectivity index (χ1) is 8.33. The van der Waals surface area contributed by atoms with Gasteiger partial charge in [-0.3, -0.25) is 0 Å². The summed E-state index contributed by atoms with van der Waals surface area (Å²) < 4.78 is 0. The third-order valence-electron chi connectivity index (χ3n) is 3.66. The fourth-order valence-electron chi connectivity index (χ4n) is 2.66. The predicted molar refractivity (Wildman–Crippen MR) is 70.5 cm³/mol. The highest BCUT2D eigenvalue weighted by Crippen LogP contribution is 2.29. The van der Waals surface area contributed by atoms with Crippen LogP contribution in [0.25, 0.3) is 10.8 Å². The Labute approximate surface area is 101 Å². The van der Waals surface area contributed by atoms with Crippen LogP contribution in [0.5, 0.6) is 5.75 Å². The van der Waals surface area contributed by atoms with Crippen molar-refractivity contribution in [3.05, 3.63) is 42.0 Å². The summed E-state index contributed by atoms with van der Waals surface area (Å²) in [5.74, 6) is 1.03. The number of phenolic OH excluding ortho intramolecular Hbond substituents is 1. The molecule has 17 heavy (non-hydrogen) atoms. The lowest BCUT2D eigenvalue weighted by Crippen LogP contribution is -2.26. The number of rotatable bonds is 1. The lowest BCUT2D eigenvalue weighted by Gasteiger charge is -2.23. The lowest BCUT2D eigenvalue weighted by atomic mass is 9.89. The van der Waals surface area contributed by atoms with Crippen molar-refractivity contribution >= 4 is 10.8 Å². The number of fused-ring (bicyclic) bond motifs is 1. The van der Waals surface area contributed by atoms with Crippen molar-refractivity contribution in [2.75, 3.05) is 13.1 Å². The second-order valence-corrected chi connectivity index (χ2v) is 4.82. The molecule has 0 amide bonds. The van der Waals surface area contributed by atoms with Crippen LogP contribution in [-0.2, 0) is 0 Å². The molecule has 0 bridgehead atoms. The highest BCUT2D eigenvalue weighted by atomic mass is 16.3. The van der Waals surface area contributed by atoms with Gasteiger partial charge in [0.05, 0.1) is 0 Å². The van der Waals surface area contributed by atoms with Crippen LogP contribution in [0.2, 0.25) is 0 Å². The van der Waals surface area contributed by atoms with E-state index in [1.54, 1.807) is 6.07 Å². The third kappa shape index (κ3) is 2.13. The summed E-state index contributed by atoms with van der Waals surface area (Å²) in [6.45, 7) is 2.25. The average molecular weight is 227 g/mol. The Balaban J connectivity index is 1.98. The van der Waals surface area contributed by atoms with E-state index in [4.69, 9.17) is 0 Å². The van der Waals surface area contributed by atoms with E-state index < -0.39 is 0 Å². The number of hydrogen-bond acceptors (Lipinski definition) is 2. The molecule has 1 aliphatic heterocycles. The number of benzene rings is 2. The molecular formula is C15H17NO. The maximum absolute atomic E-state index is 9.44. The van der Waals surface area contributed by atoms with E-state index in [-0.39, 0.29) is 0 Å². The van der Waals surface area contributed by atoms with Gasteiger partial charge in [0.1, 0.15) is 5.75 Å². The zero-order valence-corrected chi connectivity index (χ0v) is 9.82. The van der Waals surface area contributed by atoms with Gasteiger partial charge in [-0.1, -0.05) is 24.3 Å². The normalized spacial score (nSPS) is 17.4. The number of nitrogens with one attached hydrogen (secondary N) is 1. The molecule has 2 nitrogen and oxygen atoms in total. The van der Waals surface area contributed by atoms with E-state index >= 15 is 0 Å². The molecule has 0 aromatic heterocycles. The lowest BCUT2D eigenvalue weighted by molar-refractivity contribution is 0.460. The van der Waals surface area contributed by atoms with E-state index in [2.05, 4.69) is 23.5 Å². The second-order valence-electron chi connectivity index (χ2n) is 4.82. The fraction of sp³-hybridized carbons (Fsp3) is 0.333. The van der Waals surface area contributed by atoms with Crippen LogP contribution < -0.4 is 5.32 Å². The molecule has 0 radical (unpaired) electrons. The van der Waals surface area contributed by atoms with Crippen molar-refractivity contribution in [1.82, 2.24) is 5.32 Å². The van der Waals surface area contributed by atoms with Gasteiger partial charge in [0.2, 0.25) is 0 Å². The van der Waals surface area contributed by atoms with E-state index in [0.717, 1.165) is 18.5 Å². The van der Waals surface area contributed by atoms with Crippen LogP contribution in [0, 0.1) is 0 Å². The van der Waals surface area contributed by atoms with Crippen LogP contribution >= 0.6 is 0 Å². The summed E-state index contributed by atoms with van der Waals surface area (Å²) in [5, 5.41) is 15.2. The van der Waals surface area contributed by atoms with Gasteiger partial charge >= 0.3 is 0 Å². The monoisotopic (exact) mass is 227 g/mol. The third-order valence-corrected chi connectivity index (χ3v) is 3.66. The van der Waals surface area contributed by atoms with Crippen molar-refractivity contribution in [2.45, 2.75) is 18.8 Å². The summed E-state index contributed by atoms with van der Waals surface area (Å²) in [5.41, 5.74) is 1.43. The van der Waals surface area contributed by atoms with E-state index in [1.165, 1.54) is 23.8 Å². The Hall–Kier alpha value is -1.54. The summed E-state index contributed by atoms with van der Waals surface area (Å²) in [6.07, 6.45) is 2.45. The number of piperidine rings is 1. The topological polar surface area (TPSA) is 32.3 Å². The summed E-state index contributed by atoms with van der Waals surface area (Å²) in [6, 6.07) is 12.2. The minimum absolute atomic E-state index is 0.340. The van der Waals surface area contributed by atoms with Crippen LogP contribution in [0.4, 0.5) is 0 Å². The Morgan fingerprint density at radius 2 is 1.65 bits per heavy atom.